The van der Waals surface area contributed by atoms with Crippen molar-refractivity contribution in [3.8, 4) is 134 Å². The van der Waals surface area contributed by atoms with Crippen molar-refractivity contribution in [2.24, 2.45) is 0 Å². The molecule has 0 spiro atoms. The van der Waals surface area contributed by atoms with Crippen LogP contribution in [0.5, 0.6) is 0 Å². The molecular formula is C90H48. The molecule has 90 heavy (non-hydrogen) atoms. The van der Waals surface area contributed by atoms with Gasteiger partial charge in [-0.05, 0) is 255 Å². The first-order valence-corrected chi connectivity index (χ1v) is 31.6. The minimum atomic E-state index is 1.22. The first-order chi connectivity index (χ1) is 44.7. The van der Waals surface area contributed by atoms with E-state index >= 15 is 0 Å². The molecule has 0 saturated heterocycles. The van der Waals surface area contributed by atoms with Crippen molar-refractivity contribution >= 4 is 97.0 Å². The number of rotatable bonds is 4. The maximum absolute atomic E-state index is 2.55. The standard InChI is InChI=1S/C90H48/c1-5-17-61-57(13-1)73-25-9-21-69-53(37-41-77(61)85(69)73)49-29-33-65-66-34-30-51(55-39-43-79-63-19-7-3-15-59(63)75-27-11-23-71(55)87(75)79)47-83(66)90-84-48-52(56-40-44-80-64-20-8-4-16-60(64)76-28-12-24-72(56)88(76)80)32-36-68(84)67-35-31-50(46-82(67)89(90)81(65)45-49)54-38-42-78-62-18-6-2-14-58(62)74-26-10-22-70(54)86(74)78/h1-48H. The number of benzene rings is 18. The van der Waals surface area contributed by atoms with Crippen molar-refractivity contribution in [2.75, 3.05) is 0 Å². The van der Waals surface area contributed by atoms with Crippen LogP contribution < -0.4 is 0 Å². The van der Waals surface area contributed by atoms with Gasteiger partial charge < -0.3 is 0 Å². The molecule has 0 N–H and O–H groups in total. The Kier molecular flexibility index (Phi) is 9.01. The van der Waals surface area contributed by atoms with E-state index in [0.717, 1.165) is 0 Å². The van der Waals surface area contributed by atoms with Crippen LogP contribution in [0.2, 0.25) is 0 Å². The SMILES string of the molecule is c1ccc2c(c1)-c1cccc3c(-c4ccc5c6ccc(-c7ccc8c9c(cccc79)-c7ccccc7-8)cc6c6c7cc(-c8ccc9c%10c(cccc8%10)-c8ccccc8-9)ccc7c7ccc(-c8ccc9c%10c(cccc8%10)-c8ccccc8-9)cc7c6c5c4)ccc-2c13. The first-order valence-electron chi connectivity index (χ1n) is 31.6. The van der Waals surface area contributed by atoms with Crippen molar-refractivity contribution < 1.29 is 0 Å². The van der Waals surface area contributed by atoms with Crippen LogP contribution >= 0.6 is 0 Å². The predicted octanol–water partition coefficient (Wildman–Crippen LogP) is 25.3. The van der Waals surface area contributed by atoms with Gasteiger partial charge in [-0.15, -0.1) is 0 Å². The average molecular weight is 1130 g/mol. The van der Waals surface area contributed by atoms with Gasteiger partial charge in [-0.2, -0.15) is 0 Å². The highest BCUT2D eigenvalue weighted by Crippen LogP contribution is 2.56. The summed E-state index contributed by atoms with van der Waals surface area (Å²) >= 11 is 0. The zero-order chi connectivity index (χ0) is 58.2. The molecule has 0 fully saturated rings. The predicted molar refractivity (Wildman–Crippen MR) is 383 cm³/mol. The quantitative estimate of drug-likeness (QED) is 0.154. The number of hydrogen-bond donors (Lipinski definition) is 0. The second kappa shape index (κ2) is 17.1. The van der Waals surface area contributed by atoms with Crippen molar-refractivity contribution in [3.05, 3.63) is 291 Å². The summed E-state index contributed by atoms with van der Waals surface area (Å²) in [4.78, 5) is 0. The topological polar surface area (TPSA) is 0 Å². The lowest BCUT2D eigenvalue weighted by Crippen LogP contribution is -1.92. The van der Waals surface area contributed by atoms with E-state index in [2.05, 4.69) is 291 Å². The highest BCUT2D eigenvalue weighted by molar-refractivity contribution is 6.41. The van der Waals surface area contributed by atoms with E-state index in [1.54, 1.807) is 0 Å². The molecule has 0 saturated carbocycles. The Balaban J connectivity index is 0.875. The van der Waals surface area contributed by atoms with Crippen LogP contribution in [-0.2, 0) is 0 Å². The zero-order valence-electron chi connectivity index (χ0n) is 48.7. The lowest BCUT2D eigenvalue weighted by molar-refractivity contribution is 1.68. The Morgan fingerprint density at radius 2 is 0.289 bits per heavy atom. The Morgan fingerprint density at radius 1 is 0.100 bits per heavy atom. The van der Waals surface area contributed by atoms with Gasteiger partial charge in [0, 0.05) is 0 Å². The molecule has 408 valence electrons. The fourth-order valence-electron chi connectivity index (χ4n) is 17.7. The smallest absolute Gasteiger partial charge is 0.00134 e. The van der Waals surface area contributed by atoms with Crippen molar-refractivity contribution in [1.29, 1.82) is 0 Å². The monoisotopic (exact) mass is 1130 g/mol. The molecule has 0 heterocycles. The highest BCUT2D eigenvalue weighted by Gasteiger charge is 2.29. The van der Waals surface area contributed by atoms with E-state index in [1.165, 1.54) is 230 Å². The third-order valence-corrected chi connectivity index (χ3v) is 21.4. The third-order valence-electron chi connectivity index (χ3n) is 21.4. The molecule has 18 aromatic carbocycles. The second-order valence-corrected chi connectivity index (χ2v) is 25.5. The van der Waals surface area contributed by atoms with Crippen LogP contribution in [-0.4, -0.2) is 0 Å². The lowest BCUT2D eigenvalue weighted by Gasteiger charge is -2.20. The van der Waals surface area contributed by atoms with Crippen molar-refractivity contribution in [2.45, 2.75) is 0 Å². The minimum absolute atomic E-state index is 1.22. The van der Waals surface area contributed by atoms with Crippen LogP contribution in [0, 0.1) is 0 Å². The molecule has 22 rings (SSSR count). The van der Waals surface area contributed by atoms with Gasteiger partial charge in [0.2, 0.25) is 0 Å². The summed E-state index contributed by atoms with van der Waals surface area (Å²) in [5.41, 5.74) is 30.9. The van der Waals surface area contributed by atoms with Gasteiger partial charge in [-0.1, -0.05) is 267 Å². The molecule has 0 heteroatoms. The fraction of sp³-hybridized carbons (Fsp3) is 0. The first kappa shape index (κ1) is 47.4. The van der Waals surface area contributed by atoms with Gasteiger partial charge in [-0.25, -0.2) is 0 Å². The van der Waals surface area contributed by atoms with E-state index in [-0.39, 0.29) is 0 Å². The number of hydrogen-bond acceptors (Lipinski definition) is 0. The average Bonchev–Trinajstić information content (AvgIpc) is 1.07. The summed E-state index contributed by atoms with van der Waals surface area (Å²) in [6.45, 7) is 0. The molecule has 4 aliphatic rings. The normalized spacial score (nSPS) is 12.7. The minimum Gasteiger partial charge on any atom is -0.0616 e. The summed E-state index contributed by atoms with van der Waals surface area (Å²) in [6.07, 6.45) is 0. The summed E-state index contributed by atoms with van der Waals surface area (Å²) < 4.78 is 0. The maximum atomic E-state index is 2.55. The Bertz CT molecular complexity index is 5550. The molecule has 18 aromatic rings. The van der Waals surface area contributed by atoms with Crippen LogP contribution in [0.3, 0.4) is 0 Å². The summed E-state index contributed by atoms with van der Waals surface area (Å²) in [6, 6.07) is 112. The zero-order valence-corrected chi connectivity index (χ0v) is 48.7. The Hall–Kier alpha value is -11.7. The summed E-state index contributed by atoms with van der Waals surface area (Å²) in [5.74, 6) is 0. The molecule has 0 unspecified atom stereocenters. The van der Waals surface area contributed by atoms with Crippen molar-refractivity contribution in [3.63, 3.8) is 0 Å². The largest absolute Gasteiger partial charge is 0.0616 e. The molecular weight excluding hydrogens is 1080 g/mol. The summed E-state index contributed by atoms with van der Waals surface area (Å²) in [7, 11) is 0. The molecule has 4 aliphatic carbocycles. The third kappa shape index (κ3) is 6.01. The van der Waals surface area contributed by atoms with Crippen LogP contribution in [0.25, 0.3) is 230 Å². The van der Waals surface area contributed by atoms with Gasteiger partial charge in [0.25, 0.3) is 0 Å². The Morgan fingerprint density at radius 3 is 0.511 bits per heavy atom. The van der Waals surface area contributed by atoms with E-state index in [9.17, 15) is 0 Å². The maximum Gasteiger partial charge on any atom is -0.00134 e. The van der Waals surface area contributed by atoms with Gasteiger partial charge in [0.1, 0.15) is 0 Å². The van der Waals surface area contributed by atoms with Crippen LogP contribution in [0.1, 0.15) is 0 Å². The molecule has 0 nitrogen and oxygen atoms in total. The van der Waals surface area contributed by atoms with E-state index in [0.29, 0.717) is 0 Å². The van der Waals surface area contributed by atoms with Gasteiger partial charge in [0.15, 0.2) is 0 Å². The van der Waals surface area contributed by atoms with Crippen molar-refractivity contribution in [1.82, 2.24) is 0 Å². The van der Waals surface area contributed by atoms with Crippen LogP contribution in [0.15, 0.2) is 291 Å². The molecule has 0 aliphatic heterocycles. The second-order valence-electron chi connectivity index (χ2n) is 25.5. The molecule has 0 bridgehead atoms. The molecule has 0 radical (unpaired) electrons. The lowest BCUT2D eigenvalue weighted by atomic mass is 9.83. The van der Waals surface area contributed by atoms with Gasteiger partial charge >= 0.3 is 0 Å². The Labute approximate surface area is 518 Å². The number of fused-ring (bicyclic) bond motifs is 23. The van der Waals surface area contributed by atoms with E-state index in [4.69, 9.17) is 0 Å². The fourth-order valence-corrected chi connectivity index (χ4v) is 17.7. The molecule has 0 amide bonds. The van der Waals surface area contributed by atoms with E-state index < -0.39 is 0 Å². The summed E-state index contributed by atoms with van der Waals surface area (Å²) in [5, 5.41) is 23.1. The molecule has 0 atom stereocenters. The molecule has 0 aromatic heterocycles. The van der Waals surface area contributed by atoms with E-state index in [1.807, 2.05) is 0 Å². The van der Waals surface area contributed by atoms with Gasteiger partial charge in [0.05, 0.1) is 0 Å². The highest BCUT2D eigenvalue weighted by atomic mass is 14.3. The van der Waals surface area contributed by atoms with Gasteiger partial charge in [-0.3, -0.25) is 0 Å². The van der Waals surface area contributed by atoms with Crippen LogP contribution in [0.4, 0.5) is 0 Å².